The molecule has 4 heteroatoms. The first-order valence-electron chi connectivity index (χ1n) is 6.48. The molecule has 1 N–H and O–H groups in total. The van der Waals surface area contributed by atoms with Crippen molar-refractivity contribution in [3.63, 3.8) is 0 Å². The van der Waals surface area contributed by atoms with E-state index in [1.54, 1.807) is 0 Å². The maximum atomic E-state index is 9.54. The molecule has 1 fully saturated rings. The van der Waals surface area contributed by atoms with Gasteiger partial charge in [0.1, 0.15) is 5.65 Å². The molecule has 0 spiro atoms. The van der Waals surface area contributed by atoms with E-state index < -0.39 is 0 Å². The fourth-order valence-electron chi connectivity index (χ4n) is 2.63. The zero-order valence-electron chi connectivity index (χ0n) is 10.9. The first-order chi connectivity index (χ1) is 8.63. The molecule has 0 bridgehead atoms. The largest absolute Gasteiger partial charge is 0.392 e. The molecule has 1 aliphatic heterocycles. The number of β-amino-alcohol motifs (C(OH)–C–C–N with tert-alkyl or cyclic N) is 1. The molecule has 2 aromatic heterocycles. The molecule has 0 aromatic carbocycles. The maximum Gasteiger partial charge on any atom is 0.137 e. The van der Waals surface area contributed by atoms with E-state index in [4.69, 9.17) is 0 Å². The number of likely N-dealkylation sites (tertiary alicyclic amines) is 1. The van der Waals surface area contributed by atoms with E-state index >= 15 is 0 Å². The minimum Gasteiger partial charge on any atom is -0.392 e. The summed E-state index contributed by atoms with van der Waals surface area (Å²) in [5.41, 5.74) is 4.57. The Labute approximate surface area is 107 Å². The molecule has 18 heavy (non-hydrogen) atoms. The normalized spacial score (nSPS) is 20.9. The summed E-state index contributed by atoms with van der Waals surface area (Å²) in [6.45, 7) is 6.82. The zero-order valence-corrected chi connectivity index (χ0v) is 10.9. The van der Waals surface area contributed by atoms with Crippen molar-refractivity contribution >= 4 is 5.65 Å². The number of aliphatic hydroxyl groups is 1. The summed E-state index contributed by atoms with van der Waals surface area (Å²) in [5, 5.41) is 9.54. The van der Waals surface area contributed by atoms with E-state index in [0.717, 1.165) is 37.4 Å². The van der Waals surface area contributed by atoms with Gasteiger partial charge in [0.25, 0.3) is 0 Å². The molecular weight excluding hydrogens is 226 g/mol. The molecule has 0 amide bonds. The number of aromatic nitrogens is 2. The highest BCUT2D eigenvalue weighted by Crippen LogP contribution is 2.16. The molecule has 2 aromatic rings. The summed E-state index contributed by atoms with van der Waals surface area (Å²) in [4.78, 5) is 6.80. The number of aryl methyl sites for hydroxylation is 2. The molecule has 1 saturated heterocycles. The van der Waals surface area contributed by atoms with Crippen LogP contribution in [0.15, 0.2) is 18.3 Å². The van der Waals surface area contributed by atoms with Crippen molar-refractivity contribution in [2.45, 2.75) is 32.9 Å². The molecule has 1 aliphatic rings. The van der Waals surface area contributed by atoms with Crippen molar-refractivity contribution in [3.05, 3.63) is 35.3 Å². The standard InChI is InChI=1S/C14H19N3O/c1-10-11(2)17-8-12(3-4-14(17)15-10)7-16-6-5-13(18)9-16/h3-4,8,13,18H,5-7,9H2,1-2H3. The predicted octanol–water partition coefficient (Wildman–Crippen LogP) is 1.52. The summed E-state index contributed by atoms with van der Waals surface area (Å²) in [7, 11) is 0. The molecule has 1 atom stereocenters. The SMILES string of the molecule is Cc1nc2ccc(CN3CCC(O)C3)cn2c1C. The summed E-state index contributed by atoms with van der Waals surface area (Å²) in [6, 6.07) is 4.20. The van der Waals surface area contributed by atoms with Crippen LogP contribution in [-0.4, -0.2) is 38.6 Å². The number of hydrogen-bond donors (Lipinski definition) is 1. The number of fused-ring (bicyclic) bond motifs is 1. The Balaban J connectivity index is 1.86. The third kappa shape index (κ3) is 2.02. The maximum absolute atomic E-state index is 9.54. The van der Waals surface area contributed by atoms with Gasteiger partial charge in [-0.2, -0.15) is 0 Å². The minimum atomic E-state index is -0.147. The number of aliphatic hydroxyl groups excluding tert-OH is 1. The quantitative estimate of drug-likeness (QED) is 0.872. The number of hydrogen-bond acceptors (Lipinski definition) is 3. The van der Waals surface area contributed by atoms with Crippen molar-refractivity contribution in [2.24, 2.45) is 0 Å². The van der Waals surface area contributed by atoms with Crippen LogP contribution in [0.2, 0.25) is 0 Å². The lowest BCUT2D eigenvalue weighted by atomic mass is 10.2. The topological polar surface area (TPSA) is 40.8 Å². The summed E-state index contributed by atoms with van der Waals surface area (Å²) in [5.74, 6) is 0. The predicted molar refractivity (Wildman–Crippen MR) is 70.6 cm³/mol. The van der Waals surface area contributed by atoms with Crippen LogP contribution in [0.1, 0.15) is 23.4 Å². The average Bonchev–Trinajstić information content (AvgIpc) is 2.86. The van der Waals surface area contributed by atoms with E-state index in [-0.39, 0.29) is 6.10 Å². The van der Waals surface area contributed by atoms with Crippen molar-refractivity contribution < 1.29 is 5.11 Å². The van der Waals surface area contributed by atoms with Gasteiger partial charge in [-0.15, -0.1) is 0 Å². The van der Waals surface area contributed by atoms with Gasteiger partial charge in [-0.25, -0.2) is 4.98 Å². The van der Waals surface area contributed by atoms with Crippen LogP contribution in [-0.2, 0) is 6.54 Å². The van der Waals surface area contributed by atoms with Crippen LogP contribution in [0, 0.1) is 13.8 Å². The Bertz CT molecular complexity index is 576. The van der Waals surface area contributed by atoms with Gasteiger partial charge in [0.15, 0.2) is 0 Å². The van der Waals surface area contributed by atoms with Crippen molar-refractivity contribution in [3.8, 4) is 0 Å². The number of rotatable bonds is 2. The smallest absolute Gasteiger partial charge is 0.137 e. The summed E-state index contributed by atoms with van der Waals surface area (Å²) < 4.78 is 2.15. The Kier molecular flexibility index (Phi) is 2.84. The monoisotopic (exact) mass is 245 g/mol. The molecular formula is C14H19N3O. The van der Waals surface area contributed by atoms with Crippen LogP contribution in [0.4, 0.5) is 0 Å². The van der Waals surface area contributed by atoms with E-state index in [1.807, 2.05) is 6.92 Å². The minimum absolute atomic E-state index is 0.147. The highest BCUT2D eigenvalue weighted by atomic mass is 16.3. The molecule has 0 aliphatic carbocycles. The lowest BCUT2D eigenvalue weighted by Crippen LogP contribution is -2.21. The average molecular weight is 245 g/mol. The fourth-order valence-corrected chi connectivity index (χ4v) is 2.63. The highest BCUT2D eigenvalue weighted by molar-refractivity contribution is 5.44. The van der Waals surface area contributed by atoms with Gasteiger partial charge in [0, 0.05) is 31.5 Å². The van der Waals surface area contributed by atoms with Crippen LogP contribution < -0.4 is 0 Å². The Hall–Kier alpha value is -1.39. The van der Waals surface area contributed by atoms with Crippen LogP contribution in [0.3, 0.4) is 0 Å². The lowest BCUT2D eigenvalue weighted by Gasteiger charge is -2.15. The second kappa shape index (κ2) is 4.37. The first kappa shape index (κ1) is 11.7. The van der Waals surface area contributed by atoms with E-state index in [0.29, 0.717) is 0 Å². The van der Waals surface area contributed by atoms with Crippen molar-refractivity contribution in [1.29, 1.82) is 0 Å². The van der Waals surface area contributed by atoms with Gasteiger partial charge in [-0.1, -0.05) is 6.07 Å². The number of nitrogens with zero attached hydrogens (tertiary/aromatic N) is 3. The third-order valence-corrected chi connectivity index (χ3v) is 3.81. The molecule has 3 rings (SSSR count). The molecule has 4 nitrogen and oxygen atoms in total. The molecule has 0 radical (unpaired) electrons. The van der Waals surface area contributed by atoms with Gasteiger partial charge < -0.3 is 9.51 Å². The molecule has 96 valence electrons. The first-order valence-corrected chi connectivity index (χ1v) is 6.48. The number of imidazole rings is 1. The Morgan fingerprint density at radius 2 is 2.22 bits per heavy atom. The Morgan fingerprint density at radius 1 is 1.39 bits per heavy atom. The van der Waals surface area contributed by atoms with E-state index in [1.165, 1.54) is 11.3 Å². The lowest BCUT2D eigenvalue weighted by molar-refractivity contribution is 0.174. The third-order valence-electron chi connectivity index (χ3n) is 3.81. The van der Waals surface area contributed by atoms with Gasteiger partial charge in [-0.3, -0.25) is 4.90 Å². The Morgan fingerprint density at radius 3 is 2.94 bits per heavy atom. The highest BCUT2D eigenvalue weighted by Gasteiger charge is 2.20. The van der Waals surface area contributed by atoms with Crippen molar-refractivity contribution in [2.75, 3.05) is 13.1 Å². The van der Waals surface area contributed by atoms with E-state index in [9.17, 15) is 5.11 Å². The molecule has 0 saturated carbocycles. The molecule has 3 heterocycles. The second-order valence-electron chi connectivity index (χ2n) is 5.23. The van der Waals surface area contributed by atoms with Gasteiger partial charge in [0.2, 0.25) is 0 Å². The van der Waals surface area contributed by atoms with Crippen LogP contribution in [0.25, 0.3) is 5.65 Å². The van der Waals surface area contributed by atoms with E-state index in [2.05, 4.69) is 39.5 Å². The summed E-state index contributed by atoms with van der Waals surface area (Å²) >= 11 is 0. The van der Waals surface area contributed by atoms with Crippen LogP contribution in [0.5, 0.6) is 0 Å². The summed E-state index contributed by atoms with van der Waals surface area (Å²) in [6.07, 6.45) is 2.91. The molecule has 1 unspecified atom stereocenters. The van der Waals surface area contributed by atoms with Gasteiger partial charge in [0.05, 0.1) is 11.8 Å². The van der Waals surface area contributed by atoms with Gasteiger partial charge in [-0.05, 0) is 31.9 Å². The zero-order chi connectivity index (χ0) is 12.7. The fraction of sp³-hybridized carbons (Fsp3) is 0.500. The van der Waals surface area contributed by atoms with Gasteiger partial charge >= 0.3 is 0 Å². The van der Waals surface area contributed by atoms with Crippen molar-refractivity contribution in [1.82, 2.24) is 14.3 Å². The number of pyridine rings is 1. The van der Waals surface area contributed by atoms with Crippen LogP contribution >= 0.6 is 0 Å². The second-order valence-corrected chi connectivity index (χ2v) is 5.23.